The highest BCUT2D eigenvalue weighted by Gasteiger charge is 2.42. The molecule has 3 nitrogen and oxygen atoms in total. The summed E-state index contributed by atoms with van der Waals surface area (Å²) in [4.78, 5) is 0. The minimum absolute atomic E-state index is 0.173. The van der Waals surface area contributed by atoms with Crippen LogP contribution >= 0.6 is 11.8 Å². The first-order chi connectivity index (χ1) is 10.2. The molecule has 1 N–H and O–H groups in total. The van der Waals surface area contributed by atoms with Crippen molar-refractivity contribution in [3.8, 4) is 0 Å². The molecule has 0 bridgehead atoms. The molecule has 0 aromatic carbocycles. The van der Waals surface area contributed by atoms with Gasteiger partial charge in [0.15, 0.2) is 0 Å². The molecule has 2 aliphatic rings. The van der Waals surface area contributed by atoms with E-state index >= 15 is 0 Å². The minimum Gasteiger partial charge on any atom is -0.380 e. The van der Waals surface area contributed by atoms with E-state index < -0.39 is 0 Å². The molecule has 4 heteroatoms. The first-order valence-corrected chi connectivity index (χ1v) is 9.88. The van der Waals surface area contributed by atoms with E-state index in [1.165, 1.54) is 43.6 Å². The van der Waals surface area contributed by atoms with Crippen LogP contribution in [-0.2, 0) is 9.47 Å². The summed E-state index contributed by atoms with van der Waals surface area (Å²) in [5.41, 5.74) is 0.173. The summed E-state index contributed by atoms with van der Waals surface area (Å²) in [6.45, 7) is 6.49. The smallest absolute Gasteiger partial charge is 0.0724 e. The maximum Gasteiger partial charge on any atom is 0.0724 e. The summed E-state index contributed by atoms with van der Waals surface area (Å²) in [6, 6.07) is 0.482. The fraction of sp³-hybridized carbons (Fsp3) is 1.00. The highest BCUT2D eigenvalue weighted by atomic mass is 32.2. The Morgan fingerprint density at radius 3 is 2.71 bits per heavy atom. The van der Waals surface area contributed by atoms with Gasteiger partial charge in [-0.05, 0) is 62.5 Å². The number of nitrogens with one attached hydrogen (secondary N) is 1. The zero-order chi connectivity index (χ0) is 15.1. The lowest BCUT2D eigenvalue weighted by Crippen LogP contribution is -2.52. The molecule has 1 spiro atoms. The van der Waals surface area contributed by atoms with E-state index in [0.717, 1.165) is 19.6 Å². The van der Waals surface area contributed by atoms with Crippen molar-refractivity contribution in [2.75, 3.05) is 31.8 Å². The van der Waals surface area contributed by atoms with E-state index in [-0.39, 0.29) is 5.60 Å². The lowest BCUT2D eigenvalue weighted by atomic mass is 9.77. The zero-order valence-electron chi connectivity index (χ0n) is 14.0. The van der Waals surface area contributed by atoms with Gasteiger partial charge < -0.3 is 14.8 Å². The van der Waals surface area contributed by atoms with Gasteiger partial charge in [-0.2, -0.15) is 11.8 Å². The van der Waals surface area contributed by atoms with Crippen molar-refractivity contribution < 1.29 is 9.47 Å². The third-order valence-corrected chi connectivity index (χ3v) is 6.16. The number of rotatable bonds is 7. The lowest BCUT2D eigenvalue weighted by molar-refractivity contribution is -0.115. The average Bonchev–Trinajstić information content (AvgIpc) is 2.52. The molecule has 2 aliphatic heterocycles. The molecular formula is C17H33NO2S. The summed E-state index contributed by atoms with van der Waals surface area (Å²) in [6.07, 6.45) is 7.45. The Morgan fingerprint density at radius 1 is 1.33 bits per heavy atom. The topological polar surface area (TPSA) is 30.5 Å². The number of thioether (sulfide) groups is 1. The molecule has 2 rings (SSSR count). The highest BCUT2D eigenvalue weighted by Crippen LogP contribution is 2.41. The molecule has 3 atom stereocenters. The average molecular weight is 316 g/mol. The van der Waals surface area contributed by atoms with Gasteiger partial charge in [-0.3, -0.25) is 0 Å². The Balaban J connectivity index is 2.03. The first-order valence-electron chi connectivity index (χ1n) is 8.72. The van der Waals surface area contributed by atoms with Crippen molar-refractivity contribution in [2.45, 2.75) is 70.1 Å². The van der Waals surface area contributed by atoms with Gasteiger partial charge in [-0.25, -0.2) is 0 Å². The van der Waals surface area contributed by atoms with Crippen LogP contribution in [0.25, 0.3) is 0 Å². The van der Waals surface area contributed by atoms with Crippen LogP contribution in [0.4, 0.5) is 0 Å². The van der Waals surface area contributed by atoms with E-state index in [1.807, 2.05) is 7.11 Å². The second-order valence-electron chi connectivity index (χ2n) is 6.56. The standard InChI is InChI=1S/C17H33NO2S/c1-4-9-18-16(15(5-2)19-3)14-6-10-20-17(13-14)7-11-21-12-8-17/h14-16,18H,4-13H2,1-3H3. The van der Waals surface area contributed by atoms with Crippen molar-refractivity contribution in [1.82, 2.24) is 5.32 Å². The fourth-order valence-electron chi connectivity index (χ4n) is 3.94. The molecule has 3 unspecified atom stereocenters. The third-order valence-electron chi connectivity index (χ3n) is 5.18. The van der Waals surface area contributed by atoms with Gasteiger partial charge in [0.1, 0.15) is 0 Å². The summed E-state index contributed by atoms with van der Waals surface area (Å²) < 4.78 is 12.0. The number of methoxy groups -OCH3 is 1. The van der Waals surface area contributed by atoms with Crippen molar-refractivity contribution in [1.29, 1.82) is 0 Å². The lowest BCUT2D eigenvalue weighted by Gasteiger charge is -2.46. The van der Waals surface area contributed by atoms with Gasteiger partial charge in [0.2, 0.25) is 0 Å². The van der Waals surface area contributed by atoms with Crippen LogP contribution in [0.1, 0.15) is 52.4 Å². The van der Waals surface area contributed by atoms with Gasteiger partial charge in [0.25, 0.3) is 0 Å². The first kappa shape index (κ1) is 17.6. The second kappa shape index (κ2) is 8.76. The molecule has 2 fully saturated rings. The van der Waals surface area contributed by atoms with Crippen molar-refractivity contribution in [3.63, 3.8) is 0 Å². The third kappa shape index (κ3) is 4.60. The van der Waals surface area contributed by atoms with Gasteiger partial charge in [0.05, 0.1) is 11.7 Å². The number of hydrogen-bond acceptors (Lipinski definition) is 4. The van der Waals surface area contributed by atoms with Gasteiger partial charge in [0, 0.05) is 19.8 Å². The summed E-state index contributed by atoms with van der Waals surface area (Å²) in [5, 5.41) is 3.78. The van der Waals surface area contributed by atoms with Crippen LogP contribution in [0.2, 0.25) is 0 Å². The van der Waals surface area contributed by atoms with E-state index in [2.05, 4.69) is 30.9 Å². The van der Waals surface area contributed by atoms with Crippen molar-refractivity contribution in [2.24, 2.45) is 5.92 Å². The largest absolute Gasteiger partial charge is 0.380 e. The molecule has 0 radical (unpaired) electrons. The van der Waals surface area contributed by atoms with E-state index in [0.29, 0.717) is 18.1 Å². The Bertz CT molecular complexity index is 285. The predicted octanol–water partition coefficient (Wildman–Crippen LogP) is 3.47. The molecular weight excluding hydrogens is 282 g/mol. The van der Waals surface area contributed by atoms with E-state index in [9.17, 15) is 0 Å². The Kier molecular flexibility index (Phi) is 7.33. The van der Waals surface area contributed by atoms with Crippen molar-refractivity contribution in [3.05, 3.63) is 0 Å². The van der Waals surface area contributed by atoms with Crippen LogP contribution in [0.5, 0.6) is 0 Å². The summed E-state index contributed by atoms with van der Waals surface area (Å²) in [7, 11) is 1.86. The molecule has 0 aromatic heterocycles. The van der Waals surface area contributed by atoms with Gasteiger partial charge in [-0.1, -0.05) is 13.8 Å². The molecule has 0 aliphatic carbocycles. The van der Waals surface area contributed by atoms with Crippen molar-refractivity contribution >= 4 is 11.8 Å². The van der Waals surface area contributed by atoms with E-state index in [4.69, 9.17) is 9.47 Å². The highest BCUT2D eigenvalue weighted by molar-refractivity contribution is 7.99. The molecule has 2 saturated heterocycles. The van der Waals surface area contributed by atoms with Gasteiger partial charge >= 0.3 is 0 Å². The quantitative estimate of drug-likeness (QED) is 0.779. The zero-order valence-corrected chi connectivity index (χ0v) is 14.8. The molecule has 0 aromatic rings. The maximum atomic E-state index is 6.26. The number of ether oxygens (including phenoxy) is 2. The number of hydrogen-bond donors (Lipinski definition) is 1. The Hall–Kier alpha value is 0.230. The SMILES string of the molecule is CCCNC(C1CCOC2(CCSCC2)C1)C(CC)OC. The monoisotopic (exact) mass is 315 g/mol. The fourth-order valence-corrected chi connectivity index (χ4v) is 5.18. The maximum absolute atomic E-state index is 6.26. The van der Waals surface area contributed by atoms with Crippen LogP contribution < -0.4 is 5.32 Å². The summed E-state index contributed by atoms with van der Waals surface area (Å²) >= 11 is 2.08. The van der Waals surface area contributed by atoms with Crippen LogP contribution in [-0.4, -0.2) is 49.5 Å². The predicted molar refractivity (Wildman–Crippen MR) is 91.1 cm³/mol. The Morgan fingerprint density at radius 2 is 2.10 bits per heavy atom. The molecule has 2 heterocycles. The summed E-state index contributed by atoms with van der Waals surface area (Å²) in [5.74, 6) is 3.22. The Labute approximate surface area is 134 Å². The normalized spacial score (nSPS) is 28.4. The van der Waals surface area contributed by atoms with Gasteiger partial charge in [-0.15, -0.1) is 0 Å². The van der Waals surface area contributed by atoms with Crippen LogP contribution in [0.3, 0.4) is 0 Å². The van der Waals surface area contributed by atoms with Crippen LogP contribution in [0, 0.1) is 5.92 Å². The minimum atomic E-state index is 0.173. The molecule has 124 valence electrons. The van der Waals surface area contributed by atoms with E-state index in [1.54, 1.807) is 0 Å². The second-order valence-corrected chi connectivity index (χ2v) is 7.78. The molecule has 0 saturated carbocycles. The molecule has 21 heavy (non-hydrogen) atoms. The molecule has 0 amide bonds. The van der Waals surface area contributed by atoms with Crippen LogP contribution in [0.15, 0.2) is 0 Å².